The first-order valence-electron chi connectivity index (χ1n) is 7.15. The molecule has 0 radical (unpaired) electrons. The van der Waals surface area contributed by atoms with Gasteiger partial charge in [0.05, 0.1) is 11.4 Å². The van der Waals surface area contributed by atoms with Crippen LogP contribution in [-0.2, 0) is 0 Å². The van der Waals surface area contributed by atoms with Gasteiger partial charge >= 0.3 is 0 Å². The van der Waals surface area contributed by atoms with E-state index in [9.17, 15) is 4.39 Å². The highest BCUT2D eigenvalue weighted by Gasteiger charge is 2.38. The third-order valence-electron chi connectivity index (χ3n) is 4.56. The van der Waals surface area contributed by atoms with Gasteiger partial charge in [-0.05, 0) is 44.0 Å². The SMILES string of the molecule is CNc1cc(F)ccc1N1CCCC2(CCNC2)C1. The molecule has 1 aromatic carbocycles. The van der Waals surface area contributed by atoms with E-state index in [0.29, 0.717) is 5.41 Å². The molecule has 2 saturated heterocycles. The van der Waals surface area contributed by atoms with Crippen LogP contribution in [0.25, 0.3) is 0 Å². The first-order valence-corrected chi connectivity index (χ1v) is 7.15. The lowest BCUT2D eigenvalue weighted by molar-refractivity contribution is 0.261. The van der Waals surface area contributed by atoms with Crippen molar-refractivity contribution in [1.82, 2.24) is 5.32 Å². The maximum absolute atomic E-state index is 13.3. The average Bonchev–Trinajstić information content (AvgIpc) is 2.86. The maximum atomic E-state index is 13.3. The molecule has 0 amide bonds. The molecular weight excluding hydrogens is 241 g/mol. The molecular formula is C15H22FN3. The Labute approximate surface area is 114 Å². The van der Waals surface area contributed by atoms with E-state index < -0.39 is 0 Å². The van der Waals surface area contributed by atoms with Crippen molar-refractivity contribution in [1.29, 1.82) is 0 Å². The maximum Gasteiger partial charge on any atom is 0.125 e. The zero-order valence-corrected chi connectivity index (χ0v) is 11.5. The van der Waals surface area contributed by atoms with E-state index >= 15 is 0 Å². The molecule has 19 heavy (non-hydrogen) atoms. The van der Waals surface area contributed by atoms with E-state index in [1.807, 2.05) is 13.1 Å². The number of benzene rings is 1. The van der Waals surface area contributed by atoms with Gasteiger partial charge in [-0.3, -0.25) is 0 Å². The molecule has 1 unspecified atom stereocenters. The Balaban J connectivity index is 1.85. The van der Waals surface area contributed by atoms with Crippen LogP contribution in [0.1, 0.15) is 19.3 Å². The lowest BCUT2D eigenvalue weighted by Crippen LogP contribution is -2.44. The highest BCUT2D eigenvalue weighted by molar-refractivity contribution is 5.70. The number of nitrogens with one attached hydrogen (secondary N) is 2. The normalized spacial score (nSPS) is 26.9. The van der Waals surface area contributed by atoms with Crippen LogP contribution in [0.15, 0.2) is 18.2 Å². The highest BCUT2D eigenvalue weighted by Crippen LogP contribution is 2.39. The number of hydrogen-bond acceptors (Lipinski definition) is 3. The number of anilines is 2. The van der Waals surface area contributed by atoms with Gasteiger partial charge < -0.3 is 15.5 Å². The minimum Gasteiger partial charge on any atom is -0.386 e. The summed E-state index contributed by atoms with van der Waals surface area (Å²) in [5, 5.41) is 6.61. The second-order valence-electron chi connectivity index (χ2n) is 5.86. The molecule has 3 rings (SSSR count). The monoisotopic (exact) mass is 263 g/mol. The summed E-state index contributed by atoms with van der Waals surface area (Å²) in [5.74, 6) is -0.178. The third kappa shape index (κ3) is 2.41. The van der Waals surface area contributed by atoms with Crippen molar-refractivity contribution in [3.05, 3.63) is 24.0 Å². The minimum atomic E-state index is -0.178. The summed E-state index contributed by atoms with van der Waals surface area (Å²) >= 11 is 0. The van der Waals surface area contributed by atoms with Crippen molar-refractivity contribution in [3.63, 3.8) is 0 Å². The van der Waals surface area contributed by atoms with E-state index in [1.54, 1.807) is 12.1 Å². The Morgan fingerprint density at radius 3 is 3.00 bits per heavy atom. The van der Waals surface area contributed by atoms with E-state index in [0.717, 1.165) is 37.6 Å². The van der Waals surface area contributed by atoms with Crippen LogP contribution in [-0.4, -0.2) is 33.2 Å². The molecule has 0 aromatic heterocycles. The van der Waals surface area contributed by atoms with Crippen molar-refractivity contribution in [2.45, 2.75) is 19.3 Å². The van der Waals surface area contributed by atoms with Gasteiger partial charge in [0, 0.05) is 32.1 Å². The van der Waals surface area contributed by atoms with Crippen molar-refractivity contribution in [2.24, 2.45) is 5.41 Å². The van der Waals surface area contributed by atoms with Gasteiger partial charge in [0.1, 0.15) is 5.82 Å². The van der Waals surface area contributed by atoms with E-state index in [-0.39, 0.29) is 5.82 Å². The Morgan fingerprint density at radius 1 is 1.37 bits per heavy atom. The lowest BCUT2D eigenvalue weighted by Gasteiger charge is -2.41. The van der Waals surface area contributed by atoms with Crippen molar-refractivity contribution >= 4 is 11.4 Å². The Bertz CT molecular complexity index is 455. The van der Waals surface area contributed by atoms with Gasteiger partial charge in [0.15, 0.2) is 0 Å². The second-order valence-corrected chi connectivity index (χ2v) is 5.86. The second kappa shape index (κ2) is 5.00. The van der Waals surface area contributed by atoms with Gasteiger partial charge in [-0.15, -0.1) is 0 Å². The first kappa shape index (κ1) is 12.7. The zero-order chi connectivity index (χ0) is 13.3. The number of nitrogens with zero attached hydrogens (tertiary/aromatic N) is 1. The summed E-state index contributed by atoms with van der Waals surface area (Å²) < 4.78 is 13.3. The molecule has 0 bridgehead atoms. The molecule has 104 valence electrons. The zero-order valence-electron chi connectivity index (χ0n) is 11.5. The molecule has 0 aliphatic carbocycles. The summed E-state index contributed by atoms with van der Waals surface area (Å²) in [6.45, 7) is 4.41. The fourth-order valence-electron chi connectivity index (χ4n) is 3.54. The van der Waals surface area contributed by atoms with Crippen LogP contribution < -0.4 is 15.5 Å². The fourth-order valence-corrected chi connectivity index (χ4v) is 3.54. The Hall–Kier alpha value is -1.29. The summed E-state index contributed by atoms with van der Waals surface area (Å²) in [6.07, 6.45) is 3.80. The molecule has 1 atom stereocenters. The van der Waals surface area contributed by atoms with Gasteiger partial charge in [0.25, 0.3) is 0 Å². The van der Waals surface area contributed by atoms with Crippen LogP contribution in [0, 0.1) is 11.2 Å². The fraction of sp³-hybridized carbons (Fsp3) is 0.600. The molecule has 2 N–H and O–H groups in total. The number of piperidine rings is 1. The number of rotatable bonds is 2. The van der Waals surface area contributed by atoms with E-state index in [2.05, 4.69) is 15.5 Å². The smallest absolute Gasteiger partial charge is 0.125 e. The molecule has 2 heterocycles. The minimum absolute atomic E-state index is 0.178. The van der Waals surface area contributed by atoms with Crippen LogP contribution in [0.4, 0.5) is 15.8 Å². The van der Waals surface area contributed by atoms with Gasteiger partial charge in [0.2, 0.25) is 0 Å². The summed E-state index contributed by atoms with van der Waals surface area (Å²) in [7, 11) is 1.86. The molecule has 2 aliphatic heterocycles. The van der Waals surface area contributed by atoms with Gasteiger partial charge in [-0.2, -0.15) is 0 Å². The molecule has 1 spiro atoms. The van der Waals surface area contributed by atoms with Crippen LogP contribution in [0.5, 0.6) is 0 Å². The molecule has 0 saturated carbocycles. The molecule has 4 heteroatoms. The van der Waals surface area contributed by atoms with Crippen LogP contribution in [0.3, 0.4) is 0 Å². The largest absolute Gasteiger partial charge is 0.386 e. The average molecular weight is 263 g/mol. The first-order chi connectivity index (χ1) is 9.22. The topological polar surface area (TPSA) is 27.3 Å². The predicted octanol–water partition coefficient (Wildman–Crippen LogP) is 2.45. The van der Waals surface area contributed by atoms with Crippen molar-refractivity contribution < 1.29 is 4.39 Å². The van der Waals surface area contributed by atoms with Crippen LogP contribution in [0.2, 0.25) is 0 Å². The quantitative estimate of drug-likeness (QED) is 0.858. The lowest BCUT2D eigenvalue weighted by atomic mass is 9.79. The standard InChI is InChI=1S/C15H22FN3/c1-17-13-9-12(16)3-4-14(13)19-8-2-5-15(11-19)6-7-18-10-15/h3-4,9,17-18H,2,5-8,10-11H2,1H3. The Morgan fingerprint density at radius 2 is 2.26 bits per heavy atom. The number of hydrogen-bond donors (Lipinski definition) is 2. The number of halogens is 1. The van der Waals surface area contributed by atoms with E-state index in [4.69, 9.17) is 0 Å². The molecule has 3 nitrogen and oxygen atoms in total. The van der Waals surface area contributed by atoms with Crippen molar-refractivity contribution in [2.75, 3.05) is 43.4 Å². The van der Waals surface area contributed by atoms with E-state index in [1.165, 1.54) is 19.3 Å². The van der Waals surface area contributed by atoms with Crippen molar-refractivity contribution in [3.8, 4) is 0 Å². The summed E-state index contributed by atoms with van der Waals surface area (Å²) in [4.78, 5) is 2.42. The molecule has 2 fully saturated rings. The predicted molar refractivity (Wildman–Crippen MR) is 77.3 cm³/mol. The Kier molecular flexibility index (Phi) is 3.35. The molecule has 2 aliphatic rings. The molecule has 1 aromatic rings. The van der Waals surface area contributed by atoms with Gasteiger partial charge in [-0.25, -0.2) is 4.39 Å². The van der Waals surface area contributed by atoms with Gasteiger partial charge in [-0.1, -0.05) is 0 Å². The summed E-state index contributed by atoms with van der Waals surface area (Å²) in [6, 6.07) is 5.05. The van der Waals surface area contributed by atoms with Crippen LogP contribution >= 0.6 is 0 Å². The summed E-state index contributed by atoms with van der Waals surface area (Å²) in [5.41, 5.74) is 2.45. The highest BCUT2D eigenvalue weighted by atomic mass is 19.1. The third-order valence-corrected chi connectivity index (χ3v) is 4.56.